The Bertz CT molecular complexity index is 321. The Balaban J connectivity index is 2.15. The summed E-state index contributed by atoms with van der Waals surface area (Å²) < 4.78 is 21.7. The van der Waals surface area contributed by atoms with Crippen LogP contribution in [0.25, 0.3) is 0 Å². The Hall–Kier alpha value is -0.460. The number of Topliss-reactive ketones (excluding diaryl/α,β-unsaturated/α-hetero) is 1. The Morgan fingerprint density at radius 1 is 1.31 bits per heavy atom. The zero-order chi connectivity index (χ0) is 12.0. The molecular formula is C10H20N2O3S. The van der Waals surface area contributed by atoms with Crippen molar-refractivity contribution in [2.75, 3.05) is 44.7 Å². The van der Waals surface area contributed by atoms with Crippen molar-refractivity contribution in [3.8, 4) is 0 Å². The van der Waals surface area contributed by atoms with Crippen molar-refractivity contribution >= 4 is 15.6 Å². The number of piperazine rings is 1. The maximum Gasteiger partial charge on any atom is 0.147 e. The summed E-state index contributed by atoms with van der Waals surface area (Å²) in [5.74, 6) is 0.255. The number of carbonyl (C=O) groups is 1. The molecule has 0 saturated carbocycles. The smallest absolute Gasteiger partial charge is 0.147 e. The number of nitrogens with zero attached hydrogens (tertiary/aromatic N) is 1. The Kier molecular flexibility index (Phi) is 5.37. The van der Waals surface area contributed by atoms with Gasteiger partial charge >= 0.3 is 0 Å². The van der Waals surface area contributed by atoms with E-state index in [9.17, 15) is 13.2 Å². The predicted molar refractivity (Wildman–Crippen MR) is 63.3 cm³/mol. The Morgan fingerprint density at radius 2 is 1.94 bits per heavy atom. The van der Waals surface area contributed by atoms with E-state index in [1.54, 1.807) is 0 Å². The molecule has 1 aliphatic rings. The largest absolute Gasteiger partial charge is 0.314 e. The lowest BCUT2D eigenvalue weighted by molar-refractivity contribution is -0.120. The van der Waals surface area contributed by atoms with Crippen molar-refractivity contribution in [2.24, 2.45) is 0 Å². The molecule has 0 atom stereocenters. The Morgan fingerprint density at radius 3 is 2.50 bits per heavy atom. The van der Waals surface area contributed by atoms with Gasteiger partial charge in [-0.05, 0) is 6.42 Å². The highest BCUT2D eigenvalue weighted by atomic mass is 32.2. The SMILES string of the molecule is CS(=O)(=O)CCCC(=O)CN1CCNCC1. The minimum absolute atomic E-state index is 0.111. The predicted octanol–water partition coefficient (Wildman–Crippen LogP) is -0.714. The second-order valence-electron chi connectivity index (χ2n) is 4.30. The number of hydrogen-bond acceptors (Lipinski definition) is 5. The van der Waals surface area contributed by atoms with Gasteiger partial charge < -0.3 is 5.32 Å². The van der Waals surface area contributed by atoms with Crippen LogP contribution in [-0.2, 0) is 14.6 Å². The van der Waals surface area contributed by atoms with E-state index in [0.29, 0.717) is 19.4 Å². The molecule has 16 heavy (non-hydrogen) atoms. The van der Waals surface area contributed by atoms with Crippen LogP contribution in [0.3, 0.4) is 0 Å². The van der Waals surface area contributed by atoms with E-state index < -0.39 is 9.84 Å². The van der Waals surface area contributed by atoms with Gasteiger partial charge in [0.25, 0.3) is 0 Å². The summed E-state index contributed by atoms with van der Waals surface area (Å²) in [7, 11) is -2.93. The molecule has 0 radical (unpaired) electrons. The molecular weight excluding hydrogens is 228 g/mol. The molecule has 0 unspecified atom stereocenters. The molecule has 1 rings (SSSR count). The van der Waals surface area contributed by atoms with Crippen molar-refractivity contribution in [2.45, 2.75) is 12.8 Å². The number of hydrogen-bond donors (Lipinski definition) is 1. The van der Waals surface area contributed by atoms with Gasteiger partial charge in [-0.25, -0.2) is 8.42 Å². The van der Waals surface area contributed by atoms with Gasteiger partial charge in [-0.3, -0.25) is 9.69 Å². The first-order valence-corrected chi connectivity index (χ1v) is 7.66. The van der Waals surface area contributed by atoms with E-state index in [2.05, 4.69) is 10.2 Å². The lowest BCUT2D eigenvalue weighted by atomic mass is 10.2. The van der Waals surface area contributed by atoms with Crippen LogP contribution in [-0.4, -0.2) is 63.8 Å². The first-order chi connectivity index (χ1) is 7.47. The van der Waals surface area contributed by atoms with Gasteiger partial charge in [-0.15, -0.1) is 0 Å². The van der Waals surface area contributed by atoms with E-state index in [0.717, 1.165) is 26.2 Å². The molecule has 0 amide bonds. The Labute approximate surface area is 97.1 Å². The first-order valence-electron chi connectivity index (χ1n) is 5.60. The zero-order valence-corrected chi connectivity index (χ0v) is 10.6. The molecule has 1 fully saturated rings. The molecule has 5 nitrogen and oxygen atoms in total. The molecule has 1 aliphatic heterocycles. The van der Waals surface area contributed by atoms with Crippen molar-refractivity contribution < 1.29 is 13.2 Å². The lowest BCUT2D eigenvalue weighted by Gasteiger charge is -2.26. The maximum absolute atomic E-state index is 11.5. The van der Waals surface area contributed by atoms with Gasteiger partial charge in [-0.1, -0.05) is 0 Å². The van der Waals surface area contributed by atoms with Crippen molar-refractivity contribution in [1.82, 2.24) is 10.2 Å². The highest BCUT2D eigenvalue weighted by molar-refractivity contribution is 7.90. The third-order valence-electron chi connectivity index (χ3n) is 2.58. The van der Waals surface area contributed by atoms with Gasteiger partial charge in [0.1, 0.15) is 15.6 Å². The number of sulfone groups is 1. The number of ketones is 1. The fraction of sp³-hybridized carbons (Fsp3) is 0.900. The van der Waals surface area contributed by atoms with Crippen LogP contribution in [0.4, 0.5) is 0 Å². The summed E-state index contributed by atoms with van der Waals surface area (Å²) in [6.07, 6.45) is 2.02. The molecule has 6 heteroatoms. The summed E-state index contributed by atoms with van der Waals surface area (Å²) in [6.45, 7) is 4.12. The van der Waals surface area contributed by atoms with Crippen molar-refractivity contribution in [3.05, 3.63) is 0 Å². The number of nitrogens with one attached hydrogen (secondary N) is 1. The van der Waals surface area contributed by atoms with Crippen molar-refractivity contribution in [1.29, 1.82) is 0 Å². The minimum Gasteiger partial charge on any atom is -0.314 e. The van der Waals surface area contributed by atoms with Crippen molar-refractivity contribution in [3.63, 3.8) is 0 Å². The van der Waals surface area contributed by atoms with Crippen LogP contribution in [0.2, 0.25) is 0 Å². The molecule has 0 aliphatic carbocycles. The van der Waals surface area contributed by atoms with Crippen LogP contribution in [0.1, 0.15) is 12.8 Å². The molecule has 1 N–H and O–H groups in total. The monoisotopic (exact) mass is 248 g/mol. The second kappa shape index (κ2) is 6.32. The fourth-order valence-electron chi connectivity index (χ4n) is 1.73. The standard InChI is InChI=1S/C10H20N2O3S/c1-16(14,15)8-2-3-10(13)9-12-6-4-11-5-7-12/h11H,2-9H2,1H3. The molecule has 0 aromatic heterocycles. The van der Waals surface area contributed by atoms with E-state index in [1.165, 1.54) is 6.26 Å². The van der Waals surface area contributed by atoms with Crippen LogP contribution < -0.4 is 5.32 Å². The average molecular weight is 248 g/mol. The molecule has 0 spiro atoms. The summed E-state index contributed by atoms with van der Waals surface area (Å²) in [5, 5.41) is 3.22. The van der Waals surface area contributed by atoms with E-state index >= 15 is 0 Å². The van der Waals surface area contributed by atoms with Gasteiger partial charge in [0.2, 0.25) is 0 Å². The summed E-state index contributed by atoms with van der Waals surface area (Å²) in [6, 6.07) is 0. The quantitative estimate of drug-likeness (QED) is 0.672. The molecule has 94 valence electrons. The van der Waals surface area contributed by atoms with Crippen LogP contribution in [0.15, 0.2) is 0 Å². The third-order valence-corrected chi connectivity index (χ3v) is 3.61. The van der Waals surface area contributed by atoms with E-state index in [-0.39, 0.29) is 11.5 Å². The normalized spacial score (nSPS) is 18.6. The highest BCUT2D eigenvalue weighted by Gasteiger charge is 2.13. The average Bonchev–Trinajstić information content (AvgIpc) is 2.17. The van der Waals surface area contributed by atoms with Gasteiger partial charge in [0.15, 0.2) is 0 Å². The first kappa shape index (κ1) is 13.6. The molecule has 1 saturated heterocycles. The lowest BCUT2D eigenvalue weighted by Crippen LogP contribution is -2.45. The fourth-order valence-corrected chi connectivity index (χ4v) is 2.40. The van der Waals surface area contributed by atoms with E-state index in [1.807, 2.05) is 0 Å². The third kappa shape index (κ3) is 6.19. The van der Waals surface area contributed by atoms with Gasteiger partial charge in [0, 0.05) is 38.9 Å². The van der Waals surface area contributed by atoms with Gasteiger partial charge in [0.05, 0.1) is 12.3 Å². The van der Waals surface area contributed by atoms with Crippen LogP contribution >= 0.6 is 0 Å². The summed E-state index contributed by atoms with van der Waals surface area (Å²) >= 11 is 0. The van der Waals surface area contributed by atoms with Crippen LogP contribution in [0, 0.1) is 0 Å². The highest BCUT2D eigenvalue weighted by Crippen LogP contribution is 1.99. The molecule has 0 bridgehead atoms. The number of rotatable bonds is 6. The molecule has 0 aromatic carbocycles. The number of carbonyl (C=O) groups excluding carboxylic acids is 1. The van der Waals surface area contributed by atoms with Gasteiger partial charge in [-0.2, -0.15) is 0 Å². The molecule has 1 heterocycles. The second-order valence-corrected chi connectivity index (χ2v) is 6.56. The van der Waals surface area contributed by atoms with E-state index in [4.69, 9.17) is 0 Å². The topological polar surface area (TPSA) is 66.5 Å². The summed E-state index contributed by atoms with van der Waals surface area (Å²) in [4.78, 5) is 13.7. The minimum atomic E-state index is -2.93. The van der Waals surface area contributed by atoms with Crippen LogP contribution in [0.5, 0.6) is 0 Å². The zero-order valence-electron chi connectivity index (χ0n) is 9.74. The molecule has 0 aromatic rings. The maximum atomic E-state index is 11.5. The summed E-state index contributed by atoms with van der Waals surface area (Å²) in [5.41, 5.74) is 0.